The standard InChI is InChI=1S/C15H21N3O3S/c1-4-9-7-10-5-6-15(2,3)22(20,21)12(10)8-11(9)13(19)18-14(16)17/h7-8H,4-6H2,1-3H3,(H4,16,17,18,19). The number of hydrogen-bond acceptors (Lipinski definition) is 3. The Labute approximate surface area is 130 Å². The van der Waals surface area contributed by atoms with Crippen molar-refractivity contribution in [2.45, 2.75) is 49.7 Å². The van der Waals surface area contributed by atoms with Gasteiger partial charge in [-0.1, -0.05) is 13.0 Å². The number of amides is 1. The van der Waals surface area contributed by atoms with Crippen LogP contribution in [0.3, 0.4) is 0 Å². The summed E-state index contributed by atoms with van der Waals surface area (Å²) in [6.07, 6.45) is 1.83. The third-order valence-corrected chi connectivity index (χ3v) is 6.76. The molecule has 2 rings (SSSR count). The highest BCUT2D eigenvalue weighted by atomic mass is 32.2. The smallest absolute Gasteiger partial charge is 0.280 e. The third-order valence-electron chi connectivity index (χ3n) is 4.14. The topological polar surface area (TPSA) is 116 Å². The maximum Gasteiger partial charge on any atom is 0.280 e. The average molecular weight is 323 g/mol. The molecule has 0 aliphatic carbocycles. The van der Waals surface area contributed by atoms with E-state index < -0.39 is 20.5 Å². The second kappa shape index (κ2) is 5.39. The lowest BCUT2D eigenvalue weighted by Gasteiger charge is -2.31. The van der Waals surface area contributed by atoms with Crippen molar-refractivity contribution in [1.82, 2.24) is 0 Å². The van der Waals surface area contributed by atoms with Crippen LogP contribution < -0.4 is 11.5 Å². The Morgan fingerprint density at radius 1 is 1.32 bits per heavy atom. The number of benzene rings is 1. The normalized spacial score (nSPS) is 18.3. The van der Waals surface area contributed by atoms with Gasteiger partial charge in [0.05, 0.1) is 9.64 Å². The zero-order valence-corrected chi connectivity index (χ0v) is 13.8. The molecule has 1 amide bonds. The van der Waals surface area contributed by atoms with E-state index >= 15 is 0 Å². The number of carbonyl (C=O) groups excluding carboxylic acids is 1. The molecule has 1 aromatic carbocycles. The van der Waals surface area contributed by atoms with Crippen LogP contribution in [0.4, 0.5) is 0 Å². The molecule has 0 radical (unpaired) electrons. The van der Waals surface area contributed by atoms with Crippen molar-refractivity contribution in [2.75, 3.05) is 0 Å². The van der Waals surface area contributed by atoms with E-state index in [1.54, 1.807) is 19.9 Å². The van der Waals surface area contributed by atoms with Gasteiger partial charge in [0.25, 0.3) is 5.91 Å². The van der Waals surface area contributed by atoms with Crippen LogP contribution in [0.1, 0.15) is 48.7 Å². The van der Waals surface area contributed by atoms with Gasteiger partial charge >= 0.3 is 0 Å². The summed E-state index contributed by atoms with van der Waals surface area (Å²) in [4.78, 5) is 15.9. The van der Waals surface area contributed by atoms with E-state index in [1.165, 1.54) is 6.07 Å². The molecule has 120 valence electrons. The number of carbonyl (C=O) groups is 1. The molecular formula is C15H21N3O3S. The minimum absolute atomic E-state index is 0.218. The summed E-state index contributed by atoms with van der Waals surface area (Å²) in [7, 11) is -3.49. The Morgan fingerprint density at radius 2 is 1.95 bits per heavy atom. The van der Waals surface area contributed by atoms with E-state index in [9.17, 15) is 13.2 Å². The molecule has 0 unspecified atom stereocenters. The lowest BCUT2D eigenvalue weighted by molar-refractivity contribution is 0.100. The minimum atomic E-state index is -3.49. The number of aryl methyl sites for hydroxylation is 2. The number of aliphatic imine (C=N–C) groups is 1. The Hall–Kier alpha value is -1.89. The molecule has 1 aliphatic rings. The van der Waals surface area contributed by atoms with Gasteiger partial charge in [0.1, 0.15) is 0 Å². The van der Waals surface area contributed by atoms with Crippen molar-refractivity contribution in [3.05, 3.63) is 28.8 Å². The molecule has 4 N–H and O–H groups in total. The first-order valence-corrected chi connectivity index (χ1v) is 8.63. The summed E-state index contributed by atoms with van der Waals surface area (Å²) in [6.45, 7) is 5.31. The van der Waals surface area contributed by atoms with Crippen LogP contribution in [0.2, 0.25) is 0 Å². The molecular weight excluding hydrogens is 302 g/mol. The number of fused-ring (bicyclic) bond motifs is 1. The molecule has 6 nitrogen and oxygen atoms in total. The van der Waals surface area contributed by atoms with E-state index in [-0.39, 0.29) is 16.4 Å². The highest BCUT2D eigenvalue weighted by molar-refractivity contribution is 7.92. The molecule has 0 bridgehead atoms. The molecule has 0 spiro atoms. The predicted octanol–water partition coefficient (Wildman–Crippen LogP) is 1.16. The van der Waals surface area contributed by atoms with E-state index in [0.717, 1.165) is 11.1 Å². The molecule has 0 atom stereocenters. The van der Waals surface area contributed by atoms with Gasteiger partial charge in [-0.15, -0.1) is 0 Å². The highest BCUT2D eigenvalue weighted by Gasteiger charge is 2.41. The molecule has 1 aromatic rings. The minimum Gasteiger partial charge on any atom is -0.370 e. The first-order valence-electron chi connectivity index (χ1n) is 7.14. The van der Waals surface area contributed by atoms with Crippen LogP contribution in [0, 0.1) is 0 Å². The SMILES string of the molecule is CCc1cc2c(cc1C(=O)N=C(N)N)S(=O)(=O)C(C)(C)CC2. The molecule has 0 fully saturated rings. The van der Waals surface area contributed by atoms with Crippen LogP contribution in [-0.2, 0) is 22.7 Å². The van der Waals surface area contributed by atoms with Gasteiger partial charge in [-0.25, -0.2) is 8.42 Å². The van der Waals surface area contributed by atoms with Crippen LogP contribution in [-0.4, -0.2) is 25.0 Å². The van der Waals surface area contributed by atoms with Crippen LogP contribution in [0.15, 0.2) is 22.0 Å². The summed E-state index contributed by atoms with van der Waals surface area (Å²) < 4.78 is 24.6. The lowest BCUT2D eigenvalue weighted by Crippen LogP contribution is -2.37. The number of hydrogen-bond donors (Lipinski definition) is 2. The summed E-state index contributed by atoms with van der Waals surface area (Å²) in [5, 5.41) is 0. The van der Waals surface area contributed by atoms with Crippen LogP contribution in [0.5, 0.6) is 0 Å². The molecule has 1 aliphatic heterocycles. The van der Waals surface area contributed by atoms with Crippen molar-refractivity contribution in [1.29, 1.82) is 0 Å². The molecule has 22 heavy (non-hydrogen) atoms. The van der Waals surface area contributed by atoms with E-state index in [2.05, 4.69) is 4.99 Å². The maximum absolute atomic E-state index is 12.7. The maximum atomic E-state index is 12.7. The van der Waals surface area contributed by atoms with Gasteiger partial charge in [-0.05, 0) is 50.3 Å². The molecule has 0 aromatic heterocycles. The zero-order valence-electron chi connectivity index (χ0n) is 13.0. The Balaban J connectivity index is 2.70. The number of guanidine groups is 1. The first-order chi connectivity index (χ1) is 10.1. The monoisotopic (exact) mass is 323 g/mol. The Bertz CT molecular complexity index is 760. The quantitative estimate of drug-likeness (QED) is 0.626. The lowest BCUT2D eigenvalue weighted by atomic mass is 9.95. The summed E-state index contributed by atoms with van der Waals surface area (Å²) in [5.41, 5.74) is 12.3. The van der Waals surface area contributed by atoms with Gasteiger partial charge in [0.2, 0.25) is 0 Å². The third kappa shape index (κ3) is 2.61. The van der Waals surface area contributed by atoms with Crippen molar-refractivity contribution in [3.63, 3.8) is 0 Å². The van der Waals surface area contributed by atoms with Gasteiger partial charge in [-0.2, -0.15) is 4.99 Å². The van der Waals surface area contributed by atoms with Crippen molar-refractivity contribution >= 4 is 21.7 Å². The Kier molecular flexibility index (Phi) is 4.04. The first kappa shape index (κ1) is 16.5. The number of rotatable bonds is 2. The van der Waals surface area contributed by atoms with E-state index in [4.69, 9.17) is 11.5 Å². The van der Waals surface area contributed by atoms with Crippen molar-refractivity contribution in [2.24, 2.45) is 16.5 Å². The zero-order chi connectivity index (χ0) is 16.7. The van der Waals surface area contributed by atoms with Gasteiger partial charge in [0, 0.05) is 5.56 Å². The fourth-order valence-corrected chi connectivity index (χ4v) is 4.40. The van der Waals surface area contributed by atoms with Crippen LogP contribution >= 0.6 is 0 Å². The van der Waals surface area contributed by atoms with Crippen molar-refractivity contribution in [3.8, 4) is 0 Å². The fourth-order valence-electron chi connectivity index (χ4n) is 2.66. The molecule has 1 heterocycles. The molecule has 7 heteroatoms. The highest BCUT2D eigenvalue weighted by Crippen LogP contribution is 2.38. The fraction of sp³-hybridized carbons (Fsp3) is 0.467. The summed E-state index contributed by atoms with van der Waals surface area (Å²) in [6, 6.07) is 3.22. The van der Waals surface area contributed by atoms with Crippen LogP contribution in [0.25, 0.3) is 0 Å². The number of nitrogens with zero attached hydrogens (tertiary/aromatic N) is 1. The second-order valence-electron chi connectivity index (χ2n) is 6.08. The Morgan fingerprint density at radius 3 is 2.50 bits per heavy atom. The largest absolute Gasteiger partial charge is 0.370 e. The molecule has 0 saturated carbocycles. The van der Waals surface area contributed by atoms with Gasteiger partial charge < -0.3 is 11.5 Å². The average Bonchev–Trinajstić information content (AvgIpc) is 2.41. The summed E-state index contributed by atoms with van der Waals surface area (Å²) in [5.74, 6) is -0.953. The van der Waals surface area contributed by atoms with E-state index in [1.807, 2.05) is 6.92 Å². The van der Waals surface area contributed by atoms with Crippen molar-refractivity contribution < 1.29 is 13.2 Å². The number of nitrogens with two attached hydrogens (primary N) is 2. The molecule has 0 saturated heterocycles. The predicted molar refractivity (Wildman–Crippen MR) is 85.5 cm³/mol. The van der Waals surface area contributed by atoms with E-state index in [0.29, 0.717) is 19.3 Å². The van der Waals surface area contributed by atoms with Gasteiger partial charge in [0.15, 0.2) is 15.8 Å². The number of sulfone groups is 1. The summed E-state index contributed by atoms with van der Waals surface area (Å²) >= 11 is 0. The second-order valence-corrected chi connectivity index (χ2v) is 8.63. The van der Waals surface area contributed by atoms with Gasteiger partial charge in [-0.3, -0.25) is 4.79 Å².